The van der Waals surface area contributed by atoms with Gasteiger partial charge in [0.2, 0.25) is 0 Å². The number of hydrogen-bond acceptors (Lipinski definition) is 5. The molecule has 2 heterocycles. The van der Waals surface area contributed by atoms with Crippen LogP contribution >= 0.6 is 11.6 Å². The molecule has 8 heteroatoms. The molecule has 1 aromatic carbocycles. The third kappa shape index (κ3) is 6.74. The van der Waals surface area contributed by atoms with E-state index in [-0.39, 0.29) is 0 Å². The lowest BCUT2D eigenvalue weighted by atomic mass is 9.84. The Morgan fingerprint density at radius 3 is 2.18 bits per heavy atom. The molecule has 4 N–H and O–H groups in total. The van der Waals surface area contributed by atoms with Crippen molar-refractivity contribution < 1.29 is 30.0 Å². The fraction of sp³-hybridized carbons (Fsp3) is 0.600. The molecule has 7 nitrogen and oxygen atoms in total. The van der Waals surface area contributed by atoms with Crippen LogP contribution < -0.4 is 0 Å². The molecule has 2 saturated heterocycles. The normalized spacial score (nSPS) is 24.2. The van der Waals surface area contributed by atoms with E-state index in [0.717, 1.165) is 17.0 Å². The minimum absolute atomic E-state index is 0.846. The third-order valence-corrected chi connectivity index (χ3v) is 5.64. The zero-order chi connectivity index (χ0) is 20.7. The highest BCUT2D eigenvalue weighted by Gasteiger charge is 2.30. The molecule has 0 bridgehead atoms. The zero-order valence-corrected chi connectivity index (χ0v) is 16.5. The first-order valence-corrected chi connectivity index (χ1v) is 9.96. The van der Waals surface area contributed by atoms with Crippen molar-refractivity contribution in [2.24, 2.45) is 5.92 Å². The number of rotatable bonds is 5. The fourth-order valence-electron chi connectivity index (χ4n) is 3.87. The molecule has 0 radical (unpaired) electrons. The average Bonchev–Trinajstić information content (AvgIpc) is 2.69. The summed E-state index contributed by atoms with van der Waals surface area (Å²) in [4.78, 5) is 22.3. The standard InChI is InChI=1S/C16H22ClN.C4H6O6/c17-15-7-4-13(5-8-15)11-14-6-9-16-3-1-2-10-18(16)12-14;5-1(3(7)8)2(6)4(9)10/h4-5,7-8,14,16H,1-3,6,9-12H2;1-2,5-6H,(H,7,8)(H,9,10). The van der Waals surface area contributed by atoms with Crippen molar-refractivity contribution in [3.63, 3.8) is 0 Å². The van der Waals surface area contributed by atoms with Crippen molar-refractivity contribution in [2.75, 3.05) is 13.1 Å². The number of benzene rings is 1. The van der Waals surface area contributed by atoms with Crippen molar-refractivity contribution in [1.29, 1.82) is 0 Å². The molecule has 3 rings (SSSR count). The predicted molar refractivity (Wildman–Crippen MR) is 104 cm³/mol. The average molecular weight is 414 g/mol. The first-order chi connectivity index (χ1) is 13.3. The number of carboxylic acid groups (broad SMARTS) is 2. The number of piperidine rings is 2. The van der Waals surface area contributed by atoms with Gasteiger partial charge in [-0.3, -0.25) is 0 Å². The molecule has 0 amide bonds. The van der Waals surface area contributed by atoms with Gasteiger partial charge in [0, 0.05) is 17.6 Å². The van der Waals surface area contributed by atoms with Crippen LogP contribution in [-0.2, 0) is 16.0 Å². The van der Waals surface area contributed by atoms with Gasteiger partial charge in [0.25, 0.3) is 0 Å². The smallest absolute Gasteiger partial charge is 0.335 e. The summed E-state index contributed by atoms with van der Waals surface area (Å²) in [5.74, 6) is -2.69. The summed E-state index contributed by atoms with van der Waals surface area (Å²) >= 11 is 5.94. The van der Waals surface area contributed by atoms with Crippen LogP contribution in [0.5, 0.6) is 0 Å². The molecule has 1 aromatic rings. The maximum Gasteiger partial charge on any atom is 0.335 e. The van der Waals surface area contributed by atoms with E-state index in [1.165, 1.54) is 57.2 Å². The zero-order valence-electron chi connectivity index (χ0n) is 15.7. The van der Waals surface area contributed by atoms with Gasteiger partial charge in [-0.25, -0.2) is 9.59 Å². The minimum atomic E-state index is -2.27. The van der Waals surface area contributed by atoms with E-state index in [0.29, 0.717) is 0 Å². The van der Waals surface area contributed by atoms with E-state index in [9.17, 15) is 9.59 Å². The number of nitrogens with zero attached hydrogens (tertiary/aromatic N) is 1. The lowest BCUT2D eigenvalue weighted by Gasteiger charge is -2.42. The number of hydrogen-bond donors (Lipinski definition) is 4. The van der Waals surface area contributed by atoms with E-state index in [4.69, 9.17) is 32.0 Å². The molecule has 2 aliphatic rings. The lowest BCUT2D eigenvalue weighted by molar-refractivity contribution is -0.165. The summed E-state index contributed by atoms with van der Waals surface area (Å²) in [6, 6.07) is 9.31. The molecule has 0 spiro atoms. The van der Waals surface area contributed by atoms with Crippen molar-refractivity contribution in [3.05, 3.63) is 34.9 Å². The van der Waals surface area contributed by atoms with Crippen LogP contribution in [0.3, 0.4) is 0 Å². The van der Waals surface area contributed by atoms with E-state index in [1.807, 2.05) is 12.1 Å². The SMILES string of the molecule is Clc1ccc(CC2CCC3CCCCN3C2)cc1.O=C(O)C(O)C(O)C(=O)O. The van der Waals surface area contributed by atoms with Gasteiger partial charge in [-0.1, -0.05) is 30.2 Å². The number of aliphatic carboxylic acids is 2. The Morgan fingerprint density at radius 2 is 1.61 bits per heavy atom. The summed E-state index contributed by atoms with van der Waals surface area (Å²) in [6.07, 6.45) is 3.80. The molecule has 0 aromatic heterocycles. The molecular formula is C20H28ClNO6. The lowest BCUT2D eigenvalue weighted by Crippen LogP contribution is -2.46. The van der Waals surface area contributed by atoms with Gasteiger partial charge in [-0.2, -0.15) is 0 Å². The van der Waals surface area contributed by atoms with Crippen molar-refractivity contribution in [1.82, 2.24) is 4.90 Å². The van der Waals surface area contributed by atoms with Crippen LogP contribution in [0.25, 0.3) is 0 Å². The van der Waals surface area contributed by atoms with E-state index in [2.05, 4.69) is 17.0 Å². The minimum Gasteiger partial charge on any atom is -0.479 e. The largest absolute Gasteiger partial charge is 0.479 e. The Morgan fingerprint density at radius 1 is 1.00 bits per heavy atom. The van der Waals surface area contributed by atoms with E-state index >= 15 is 0 Å². The maximum atomic E-state index is 9.77. The van der Waals surface area contributed by atoms with Crippen LogP contribution in [0, 0.1) is 5.92 Å². The van der Waals surface area contributed by atoms with E-state index < -0.39 is 24.1 Å². The Kier molecular flexibility index (Phi) is 8.69. The molecule has 4 atom stereocenters. The number of aliphatic hydroxyl groups excluding tert-OH is 2. The summed E-state index contributed by atoms with van der Waals surface area (Å²) in [6.45, 7) is 2.65. The molecule has 28 heavy (non-hydrogen) atoms. The predicted octanol–water partition coefficient (Wildman–Crippen LogP) is 2.02. The Labute approximate surface area is 169 Å². The Hall–Kier alpha value is -1.67. The van der Waals surface area contributed by atoms with Crippen molar-refractivity contribution in [2.45, 2.75) is 56.8 Å². The Balaban J connectivity index is 0.000000242. The van der Waals surface area contributed by atoms with Crippen LogP contribution in [0.4, 0.5) is 0 Å². The molecular weight excluding hydrogens is 386 g/mol. The number of carbonyl (C=O) groups is 2. The van der Waals surface area contributed by atoms with Crippen LogP contribution in [0.15, 0.2) is 24.3 Å². The summed E-state index contributed by atoms with van der Waals surface area (Å²) < 4.78 is 0. The van der Waals surface area contributed by atoms with E-state index in [1.54, 1.807) is 0 Å². The topological polar surface area (TPSA) is 118 Å². The molecule has 2 aliphatic heterocycles. The highest BCUT2D eigenvalue weighted by atomic mass is 35.5. The van der Waals surface area contributed by atoms with Gasteiger partial charge in [-0.05, 0) is 62.3 Å². The van der Waals surface area contributed by atoms with Gasteiger partial charge in [-0.15, -0.1) is 0 Å². The van der Waals surface area contributed by atoms with Gasteiger partial charge >= 0.3 is 11.9 Å². The fourth-order valence-corrected chi connectivity index (χ4v) is 3.99. The number of halogens is 1. The summed E-state index contributed by atoms with van der Waals surface area (Å²) in [7, 11) is 0. The number of carboxylic acids is 2. The second-order valence-corrected chi connectivity index (χ2v) is 7.92. The summed E-state index contributed by atoms with van der Waals surface area (Å²) in [5.41, 5.74) is 1.44. The maximum absolute atomic E-state index is 9.77. The highest BCUT2D eigenvalue weighted by Crippen LogP contribution is 2.30. The second-order valence-electron chi connectivity index (χ2n) is 7.48. The first-order valence-electron chi connectivity index (χ1n) is 9.58. The second kappa shape index (κ2) is 10.8. The van der Waals surface area contributed by atoms with Crippen LogP contribution in [-0.4, -0.2) is 68.6 Å². The van der Waals surface area contributed by atoms with Crippen LogP contribution in [0.1, 0.15) is 37.7 Å². The monoisotopic (exact) mass is 413 g/mol. The molecule has 156 valence electrons. The molecule has 2 fully saturated rings. The third-order valence-electron chi connectivity index (χ3n) is 5.39. The summed E-state index contributed by atoms with van der Waals surface area (Å²) in [5, 5.41) is 33.4. The van der Waals surface area contributed by atoms with Gasteiger partial charge in [0.1, 0.15) is 0 Å². The molecule has 4 unspecified atom stereocenters. The van der Waals surface area contributed by atoms with Gasteiger partial charge in [0.05, 0.1) is 0 Å². The van der Waals surface area contributed by atoms with Crippen LogP contribution in [0.2, 0.25) is 5.02 Å². The first kappa shape index (κ1) is 22.6. The number of fused-ring (bicyclic) bond motifs is 1. The molecule has 0 aliphatic carbocycles. The quantitative estimate of drug-likeness (QED) is 0.583. The Bertz CT molecular complexity index is 635. The van der Waals surface area contributed by atoms with Crippen molar-refractivity contribution >= 4 is 23.5 Å². The molecule has 0 saturated carbocycles. The highest BCUT2D eigenvalue weighted by molar-refractivity contribution is 6.30. The number of aliphatic hydroxyl groups is 2. The van der Waals surface area contributed by atoms with Gasteiger partial charge < -0.3 is 25.3 Å². The van der Waals surface area contributed by atoms with Crippen molar-refractivity contribution in [3.8, 4) is 0 Å². The van der Waals surface area contributed by atoms with Gasteiger partial charge in [0.15, 0.2) is 12.2 Å².